The number of aliphatic carboxylic acids is 2. The second-order valence-corrected chi connectivity index (χ2v) is 7.69. The Balaban J connectivity index is 4.85. The number of nitrogens with two attached hydrogens (primary N) is 2. The van der Waals surface area contributed by atoms with Crippen molar-refractivity contribution in [1.82, 2.24) is 16.0 Å². The number of unbranched alkanes of at least 4 members (excludes halogenated alkanes) is 1. The number of carboxylic acids is 2. The maximum Gasteiger partial charge on any atom is 0.326 e. The van der Waals surface area contributed by atoms with Crippen molar-refractivity contribution >= 4 is 29.7 Å². The number of carbonyl (C=O) groups is 5. The van der Waals surface area contributed by atoms with Crippen LogP contribution in [0.4, 0.5) is 0 Å². The number of hydrogen-bond donors (Lipinski definition) is 7. The smallest absolute Gasteiger partial charge is 0.326 e. The summed E-state index contributed by atoms with van der Waals surface area (Å²) in [5, 5.41) is 25.1. The summed E-state index contributed by atoms with van der Waals surface area (Å²) >= 11 is 0. The summed E-state index contributed by atoms with van der Waals surface area (Å²) in [5.74, 6) is -4.42. The third-order valence-electron chi connectivity index (χ3n) is 4.35. The monoisotopic (exact) mass is 445 g/mol. The van der Waals surface area contributed by atoms with Gasteiger partial charge in [-0.2, -0.15) is 0 Å². The van der Waals surface area contributed by atoms with Crippen LogP contribution in [0.2, 0.25) is 0 Å². The quantitative estimate of drug-likeness (QED) is 0.138. The van der Waals surface area contributed by atoms with Gasteiger partial charge in [0.2, 0.25) is 17.7 Å². The molecule has 0 heterocycles. The maximum atomic E-state index is 12.4. The zero-order valence-electron chi connectivity index (χ0n) is 18.1. The van der Waals surface area contributed by atoms with Gasteiger partial charge in [0.15, 0.2) is 0 Å². The van der Waals surface area contributed by atoms with Crippen molar-refractivity contribution in [3.05, 3.63) is 0 Å². The molecule has 0 aliphatic heterocycles. The fourth-order valence-electron chi connectivity index (χ4n) is 2.68. The highest BCUT2D eigenvalue weighted by molar-refractivity contribution is 5.92. The van der Waals surface area contributed by atoms with Gasteiger partial charge < -0.3 is 37.6 Å². The van der Waals surface area contributed by atoms with Crippen molar-refractivity contribution in [2.45, 2.75) is 70.5 Å². The minimum Gasteiger partial charge on any atom is -0.481 e. The van der Waals surface area contributed by atoms with Crippen LogP contribution in [-0.2, 0) is 24.0 Å². The maximum absolute atomic E-state index is 12.4. The zero-order chi connectivity index (χ0) is 24.0. The molecule has 3 unspecified atom stereocenters. The SMILES string of the molecule is CC(C)CC(NC(=O)CNC(=O)C(CCC(=O)O)NC(=O)C(N)CCCCN)C(=O)O. The fourth-order valence-corrected chi connectivity index (χ4v) is 2.68. The van der Waals surface area contributed by atoms with Crippen LogP contribution in [0.5, 0.6) is 0 Å². The Labute approximate surface area is 181 Å². The zero-order valence-corrected chi connectivity index (χ0v) is 18.1. The number of carbonyl (C=O) groups excluding carboxylic acids is 3. The summed E-state index contributed by atoms with van der Waals surface area (Å²) in [7, 11) is 0. The first-order chi connectivity index (χ1) is 14.5. The lowest BCUT2D eigenvalue weighted by Gasteiger charge is -2.21. The van der Waals surface area contributed by atoms with Crippen LogP contribution in [0.25, 0.3) is 0 Å². The molecule has 0 aromatic carbocycles. The predicted molar refractivity (Wildman–Crippen MR) is 112 cm³/mol. The van der Waals surface area contributed by atoms with Crippen LogP contribution in [0.3, 0.4) is 0 Å². The van der Waals surface area contributed by atoms with E-state index < -0.39 is 54.3 Å². The second-order valence-electron chi connectivity index (χ2n) is 7.69. The van der Waals surface area contributed by atoms with Gasteiger partial charge in [0.05, 0.1) is 12.6 Å². The molecule has 0 aliphatic carbocycles. The van der Waals surface area contributed by atoms with Crippen LogP contribution < -0.4 is 27.4 Å². The Morgan fingerprint density at radius 3 is 2.06 bits per heavy atom. The molecule has 0 aromatic heterocycles. The molecule has 178 valence electrons. The van der Waals surface area contributed by atoms with E-state index in [-0.39, 0.29) is 25.2 Å². The topological polar surface area (TPSA) is 214 Å². The molecular formula is C19H35N5O7. The third kappa shape index (κ3) is 13.2. The Morgan fingerprint density at radius 2 is 1.55 bits per heavy atom. The van der Waals surface area contributed by atoms with Gasteiger partial charge in [-0.3, -0.25) is 19.2 Å². The normalized spacial score (nSPS) is 13.7. The molecule has 12 heteroatoms. The van der Waals surface area contributed by atoms with Gasteiger partial charge >= 0.3 is 11.9 Å². The fraction of sp³-hybridized carbons (Fsp3) is 0.737. The molecule has 0 saturated carbocycles. The molecule has 0 bridgehead atoms. The van der Waals surface area contributed by atoms with Crippen molar-refractivity contribution < 1.29 is 34.2 Å². The highest BCUT2D eigenvalue weighted by Crippen LogP contribution is 2.05. The minimum absolute atomic E-state index is 0.0284. The molecule has 0 saturated heterocycles. The number of hydrogen-bond acceptors (Lipinski definition) is 7. The summed E-state index contributed by atoms with van der Waals surface area (Å²) in [6.45, 7) is 3.54. The summed E-state index contributed by atoms with van der Waals surface area (Å²) in [5.41, 5.74) is 11.2. The van der Waals surface area contributed by atoms with E-state index in [0.29, 0.717) is 25.8 Å². The van der Waals surface area contributed by atoms with Gasteiger partial charge in [-0.15, -0.1) is 0 Å². The summed E-state index contributed by atoms with van der Waals surface area (Å²) < 4.78 is 0. The van der Waals surface area contributed by atoms with E-state index in [4.69, 9.17) is 21.7 Å². The summed E-state index contributed by atoms with van der Waals surface area (Å²) in [4.78, 5) is 58.7. The van der Waals surface area contributed by atoms with Crippen LogP contribution in [0, 0.1) is 5.92 Å². The predicted octanol–water partition coefficient (Wildman–Crippen LogP) is -1.48. The van der Waals surface area contributed by atoms with Crippen molar-refractivity contribution in [3.8, 4) is 0 Å². The molecule has 0 radical (unpaired) electrons. The lowest BCUT2D eigenvalue weighted by atomic mass is 10.0. The standard InChI is InChI=1S/C19H35N5O7/c1-11(2)9-14(19(30)31)23-15(25)10-22-18(29)13(6-7-16(26)27)24-17(28)12(21)5-3-4-8-20/h11-14H,3-10,20-21H2,1-2H3,(H,22,29)(H,23,25)(H,24,28)(H,26,27)(H,30,31). The summed E-state index contributed by atoms with van der Waals surface area (Å²) in [6, 6.07) is -3.19. The number of carboxylic acid groups (broad SMARTS) is 2. The van der Waals surface area contributed by atoms with Gasteiger partial charge in [0.1, 0.15) is 12.1 Å². The van der Waals surface area contributed by atoms with Gasteiger partial charge in [0, 0.05) is 6.42 Å². The number of nitrogens with one attached hydrogen (secondary N) is 3. The molecule has 31 heavy (non-hydrogen) atoms. The average Bonchev–Trinajstić information content (AvgIpc) is 2.68. The van der Waals surface area contributed by atoms with Crippen molar-refractivity contribution in [1.29, 1.82) is 0 Å². The van der Waals surface area contributed by atoms with Crippen LogP contribution in [0.1, 0.15) is 52.4 Å². The molecule has 0 aliphatic rings. The lowest BCUT2D eigenvalue weighted by Crippen LogP contribution is -2.53. The van der Waals surface area contributed by atoms with Gasteiger partial charge in [0.25, 0.3) is 0 Å². The van der Waals surface area contributed by atoms with Gasteiger partial charge in [-0.05, 0) is 38.1 Å². The van der Waals surface area contributed by atoms with E-state index in [0.717, 1.165) is 0 Å². The van der Waals surface area contributed by atoms with Crippen molar-refractivity contribution in [3.63, 3.8) is 0 Å². The molecule has 9 N–H and O–H groups in total. The molecular weight excluding hydrogens is 410 g/mol. The van der Waals surface area contributed by atoms with Gasteiger partial charge in [-0.1, -0.05) is 20.3 Å². The Bertz CT molecular complexity index is 627. The molecule has 3 atom stereocenters. The van der Waals surface area contributed by atoms with E-state index in [1.807, 2.05) is 0 Å². The van der Waals surface area contributed by atoms with E-state index in [1.54, 1.807) is 13.8 Å². The Kier molecular flexibility index (Phi) is 13.8. The highest BCUT2D eigenvalue weighted by Gasteiger charge is 2.26. The van der Waals surface area contributed by atoms with E-state index >= 15 is 0 Å². The first-order valence-corrected chi connectivity index (χ1v) is 10.3. The Morgan fingerprint density at radius 1 is 0.903 bits per heavy atom. The minimum atomic E-state index is -1.21. The molecule has 3 amide bonds. The van der Waals surface area contributed by atoms with Crippen molar-refractivity contribution in [2.75, 3.05) is 13.1 Å². The highest BCUT2D eigenvalue weighted by atomic mass is 16.4. The van der Waals surface area contributed by atoms with Crippen molar-refractivity contribution in [2.24, 2.45) is 17.4 Å². The van der Waals surface area contributed by atoms with Crippen LogP contribution >= 0.6 is 0 Å². The van der Waals surface area contributed by atoms with Gasteiger partial charge in [-0.25, -0.2) is 4.79 Å². The third-order valence-corrected chi connectivity index (χ3v) is 4.35. The molecule has 0 rings (SSSR count). The second kappa shape index (κ2) is 15.1. The van der Waals surface area contributed by atoms with E-state index in [1.165, 1.54) is 0 Å². The van der Waals surface area contributed by atoms with E-state index in [2.05, 4.69) is 16.0 Å². The molecule has 0 spiro atoms. The Hall–Kier alpha value is -2.73. The number of amides is 3. The molecule has 0 fully saturated rings. The average molecular weight is 446 g/mol. The van der Waals surface area contributed by atoms with Crippen LogP contribution in [-0.4, -0.2) is 71.1 Å². The van der Waals surface area contributed by atoms with Crippen LogP contribution in [0.15, 0.2) is 0 Å². The molecule has 0 aromatic rings. The lowest BCUT2D eigenvalue weighted by molar-refractivity contribution is -0.142. The van der Waals surface area contributed by atoms with E-state index in [9.17, 15) is 24.0 Å². The first kappa shape index (κ1) is 28.3. The molecule has 12 nitrogen and oxygen atoms in total. The number of rotatable bonds is 16. The first-order valence-electron chi connectivity index (χ1n) is 10.3. The largest absolute Gasteiger partial charge is 0.481 e. The summed E-state index contributed by atoms with van der Waals surface area (Å²) in [6.07, 6.45) is 1.29.